The minimum atomic E-state index is -0.469. The third-order valence-corrected chi connectivity index (χ3v) is 3.55. The van der Waals surface area contributed by atoms with Gasteiger partial charge in [-0.05, 0) is 48.1 Å². The van der Waals surface area contributed by atoms with E-state index in [1.54, 1.807) is 30.3 Å². The summed E-state index contributed by atoms with van der Waals surface area (Å²) in [6.45, 7) is 0.359. The van der Waals surface area contributed by atoms with Crippen molar-refractivity contribution in [3.63, 3.8) is 0 Å². The Morgan fingerprint density at radius 3 is 2.78 bits per heavy atom. The number of ether oxygens (including phenoxy) is 1. The van der Waals surface area contributed by atoms with E-state index in [0.717, 1.165) is 5.56 Å². The van der Waals surface area contributed by atoms with E-state index < -0.39 is 5.97 Å². The molecule has 0 aliphatic rings. The lowest BCUT2D eigenvalue weighted by atomic mass is 10.2. The van der Waals surface area contributed by atoms with Crippen LogP contribution in [0.4, 0.5) is 10.1 Å². The van der Waals surface area contributed by atoms with Crippen LogP contribution in [0.5, 0.6) is 0 Å². The van der Waals surface area contributed by atoms with E-state index in [1.165, 1.54) is 19.2 Å². The Labute approximate surface area is 143 Å². The first-order chi connectivity index (χ1) is 11.0. The van der Waals surface area contributed by atoms with Crippen molar-refractivity contribution in [2.45, 2.75) is 6.54 Å². The molecule has 0 aliphatic carbocycles. The molecule has 0 saturated carbocycles. The number of esters is 1. The number of methoxy groups -OCH3 is 1. The first-order valence-electron chi connectivity index (χ1n) is 6.67. The van der Waals surface area contributed by atoms with Crippen molar-refractivity contribution in [1.82, 2.24) is 5.32 Å². The SMILES string of the molecule is COC(=O)c1ccc(Cl)c(NC(=S)NCc2cccc(F)c2)c1. The Morgan fingerprint density at radius 1 is 1.30 bits per heavy atom. The van der Waals surface area contributed by atoms with Crippen LogP contribution < -0.4 is 10.6 Å². The lowest BCUT2D eigenvalue weighted by Crippen LogP contribution is -2.28. The molecule has 0 saturated heterocycles. The Hall–Kier alpha value is -2.18. The van der Waals surface area contributed by atoms with Gasteiger partial charge in [0.1, 0.15) is 5.82 Å². The predicted octanol–water partition coefficient (Wildman–Crippen LogP) is 3.75. The van der Waals surface area contributed by atoms with Gasteiger partial charge in [0.2, 0.25) is 0 Å². The van der Waals surface area contributed by atoms with Gasteiger partial charge in [-0.25, -0.2) is 9.18 Å². The number of anilines is 1. The lowest BCUT2D eigenvalue weighted by molar-refractivity contribution is 0.0601. The molecule has 120 valence electrons. The lowest BCUT2D eigenvalue weighted by Gasteiger charge is -2.12. The molecule has 0 bridgehead atoms. The summed E-state index contributed by atoms with van der Waals surface area (Å²) >= 11 is 11.2. The van der Waals surface area contributed by atoms with Crippen LogP contribution in [0.3, 0.4) is 0 Å². The Balaban J connectivity index is 2.01. The molecule has 2 N–H and O–H groups in total. The standard InChI is InChI=1S/C16H14ClFN2O2S/c1-22-15(21)11-5-6-13(17)14(8-11)20-16(23)19-9-10-3-2-4-12(18)7-10/h2-8H,9H2,1H3,(H2,19,20,23). The van der Waals surface area contributed by atoms with Crippen molar-refractivity contribution in [2.24, 2.45) is 0 Å². The molecular formula is C16H14ClFN2O2S. The Bertz CT molecular complexity index is 740. The minimum absolute atomic E-state index is 0.304. The van der Waals surface area contributed by atoms with E-state index in [2.05, 4.69) is 15.4 Å². The number of hydrogen-bond acceptors (Lipinski definition) is 3. The van der Waals surface area contributed by atoms with Crippen LogP contribution in [-0.4, -0.2) is 18.2 Å². The van der Waals surface area contributed by atoms with E-state index in [9.17, 15) is 9.18 Å². The van der Waals surface area contributed by atoms with Gasteiger partial charge in [0.25, 0.3) is 0 Å². The van der Waals surface area contributed by atoms with Crippen molar-refractivity contribution in [3.05, 3.63) is 64.4 Å². The van der Waals surface area contributed by atoms with E-state index in [-0.39, 0.29) is 5.82 Å². The summed E-state index contributed by atoms with van der Waals surface area (Å²) in [5.41, 5.74) is 1.59. The number of hydrogen-bond donors (Lipinski definition) is 2. The summed E-state index contributed by atoms with van der Waals surface area (Å²) in [7, 11) is 1.30. The molecule has 7 heteroatoms. The Kier molecular flexibility index (Phi) is 5.90. The fraction of sp³-hybridized carbons (Fsp3) is 0.125. The quantitative estimate of drug-likeness (QED) is 0.648. The molecule has 23 heavy (non-hydrogen) atoms. The molecule has 0 fully saturated rings. The summed E-state index contributed by atoms with van der Waals surface area (Å²) in [4.78, 5) is 11.5. The number of nitrogens with one attached hydrogen (secondary N) is 2. The van der Waals surface area contributed by atoms with Crippen molar-refractivity contribution in [1.29, 1.82) is 0 Å². The number of carbonyl (C=O) groups is 1. The number of thiocarbonyl (C=S) groups is 1. The van der Waals surface area contributed by atoms with Gasteiger partial charge < -0.3 is 15.4 Å². The van der Waals surface area contributed by atoms with Gasteiger partial charge in [-0.3, -0.25) is 0 Å². The minimum Gasteiger partial charge on any atom is -0.465 e. The average molecular weight is 353 g/mol. The maximum atomic E-state index is 13.1. The normalized spacial score (nSPS) is 10.0. The largest absolute Gasteiger partial charge is 0.465 e. The topological polar surface area (TPSA) is 50.4 Å². The van der Waals surface area contributed by atoms with Gasteiger partial charge in [-0.15, -0.1) is 0 Å². The van der Waals surface area contributed by atoms with Crippen molar-refractivity contribution in [2.75, 3.05) is 12.4 Å². The smallest absolute Gasteiger partial charge is 0.337 e. The van der Waals surface area contributed by atoms with Crippen LogP contribution in [0.1, 0.15) is 15.9 Å². The number of benzene rings is 2. The van der Waals surface area contributed by atoms with E-state index in [1.807, 2.05) is 0 Å². The molecule has 0 heterocycles. The zero-order valence-electron chi connectivity index (χ0n) is 12.2. The second-order valence-electron chi connectivity index (χ2n) is 4.62. The number of carbonyl (C=O) groups excluding carboxylic acids is 1. The molecule has 2 aromatic carbocycles. The van der Waals surface area contributed by atoms with Gasteiger partial charge in [-0.1, -0.05) is 23.7 Å². The molecule has 0 aliphatic heterocycles. The summed E-state index contributed by atoms with van der Waals surface area (Å²) in [6.07, 6.45) is 0. The van der Waals surface area contributed by atoms with Crippen LogP contribution >= 0.6 is 23.8 Å². The fourth-order valence-electron chi connectivity index (χ4n) is 1.86. The summed E-state index contributed by atoms with van der Waals surface area (Å²) in [5.74, 6) is -0.777. The van der Waals surface area contributed by atoms with Crippen LogP contribution in [-0.2, 0) is 11.3 Å². The molecule has 0 atom stereocenters. The Morgan fingerprint density at radius 2 is 2.09 bits per heavy atom. The van der Waals surface area contributed by atoms with Gasteiger partial charge in [0.05, 0.1) is 23.4 Å². The van der Waals surface area contributed by atoms with Crippen LogP contribution in [0, 0.1) is 5.82 Å². The summed E-state index contributed by atoms with van der Waals surface area (Å²) in [6, 6.07) is 10.9. The highest BCUT2D eigenvalue weighted by molar-refractivity contribution is 7.80. The molecule has 2 aromatic rings. The van der Waals surface area contributed by atoms with Gasteiger partial charge >= 0.3 is 5.97 Å². The highest BCUT2D eigenvalue weighted by atomic mass is 35.5. The average Bonchev–Trinajstić information content (AvgIpc) is 2.54. The molecule has 0 aromatic heterocycles. The van der Waals surface area contributed by atoms with E-state index in [4.69, 9.17) is 23.8 Å². The third-order valence-electron chi connectivity index (χ3n) is 2.98. The molecular weight excluding hydrogens is 339 g/mol. The molecule has 4 nitrogen and oxygen atoms in total. The van der Waals surface area contributed by atoms with Crippen LogP contribution in [0.25, 0.3) is 0 Å². The van der Waals surface area contributed by atoms with Gasteiger partial charge in [-0.2, -0.15) is 0 Å². The van der Waals surface area contributed by atoms with Crippen molar-refractivity contribution >= 4 is 40.6 Å². The van der Waals surface area contributed by atoms with Crippen LogP contribution in [0.15, 0.2) is 42.5 Å². The fourth-order valence-corrected chi connectivity index (χ4v) is 2.21. The van der Waals surface area contributed by atoms with E-state index >= 15 is 0 Å². The monoisotopic (exact) mass is 352 g/mol. The molecule has 0 spiro atoms. The van der Waals surface area contributed by atoms with Crippen molar-refractivity contribution in [3.8, 4) is 0 Å². The number of rotatable bonds is 4. The summed E-state index contributed by atoms with van der Waals surface area (Å²) < 4.78 is 17.8. The second-order valence-corrected chi connectivity index (χ2v) is 5.44. The molecule has 0 radical (unpaired) electrons. The van der Waals surface area contributed by atoms with E-state index in [0.29, 0.717) is 27.9 Å². The third kappa shape index (κ3) is 4.91. The second kappa shape index (κ2) is 7.89. The molecule has 2 rings (SSSR count). The zero-order chi connectivity index (χ0) is 16.8. The van der Waals surface area contributed by atoms with Gasteiger partial charge in [0, 0.05) is 6.54 Å². The maximum Gasteiger partial charge on any atom is 0.337 e. The zero-order valence-corrected chi connectivity index (χ0v) is 13.8. The first-order valence-corrected chi connectivity index (χ1v) is 7.45. The molecule has 0 unspecified atom stereocenters. The first kappa shape index (κ1) is 17.2. The van der Waals surface area contributed by atoms with Gasteiger partial charge in [0.15, 0.2) is 5.11 Å². The number of halogens is 2. The molecule has 0 amide bonds. The highest BCUT2D eigenvalue weighted by Crippen LogP contribution is 2.23. The predicted molar refractivity (Wildman–Crippen MR) is 92.3 cm³/mol. The highest BCUT2D eigenvalue weighted by Gasteiger charge is 2.10. The maximum absolute atomic E-state index is 13.1. The van der Waals surface area contributed by atoms with Crippen molar-refractivity contribution < 1.29 is 13.9 Å². The van der Waals surface area contributed by atoms with Crippen LogP contribution in [0.2, 0.25) is 5.02 Å². The summed E-state index contributed by atoms with van der Waals surface area (Å²) in [5, 5.41) is 6.56.